The van der Waals surface area contributed by atoms with Gasteiger partial charge in [-0.15, -0.1) is 11.8 Å². The second-order valence-corrected chi connectivity index (χ2v) is 8.86. The van der Waals surface area contributed by atoms with Gasteiger partial charge in [0, 0.05) is 47.0 Å². The summed E-state index contributed by atoms with van der Waals surface area (Å²) in [6.07, 6.45) is 5.98. The van der Waals surface area contributed by atoms with E-state index >= 15 is 0 Å². The van der Waals surface area contributed by atoms with E-state index < -0.39 is 0 Å². The van der Waals surface area contributed by atoms with Gasteiger partial charge in [-0.2, -0.15) is 0 Å². The van der Waals surface area contributed by atoms with Gasteiger partial charge in [-0.25, -0.2) is 0 Å². The minimum atomic E-state index is -0.0276. The molecule has 1 aromatic carbocycles. The van der Waals surface area contributed by atoms with Gasteiger partial charge in [-0.05, 0) is 24.8 Å². The highest BCUT2D eigenvalue weighted by molar-refractivity contribution is 8.01. The van der Waals surface area contributed by atoms with Crippen LogP contribution in [-0.2, 0) is 10.2 Å². The van der Waals surface area contributed by atoms with Gasteiger partial charge in [0.15, 0.2) is 5.75 Å². The fourth-order valence-corrected chi connectivity index (χ4v) is 7.11. The van der Waals surface area contributed by atoms with Gasteiger partial charge in [0.05, 0.1) is 16.4 Å². The summed E-state index contributed by atoms with van der Waals surface area (Å²) >= 11 is 1.87. The Morgan fingerprint density at radius 3 is 3.21 bits per heavy atom. The van der Waals surface area contributed by atoms with Gasteiger partial charge in [0.25, 0.3) is 0 Å². The summed E-state index contributed by atoms with van der Waals surface area (Å²) < 4.78 is 0. The van der Waals surface area contributed by atoms with E-state index in [9.17, 15) is 9.90 Å². The number of carbonyl (C=O) groups excluding carboxylic acids is 1. The van der Waals surface area contributed by atoms with E-state index in [0.29, 0.717) is 29.6 Å². The molecule has 0 aromatic heterocycles. The van der Waals surface area contributed by atoms with Crippen molar-refractivity contribution in [2.75, 3.05) is 11.9 Å². The Kier molecular flexibility index (Phi) is 2.37. The van der Waals surface area contributed by atoms with E-state index in [-0.39, 0.29) is 16.5 Å². The fraction of sp³-hybridized carbons (Fsp3) is 0.500. The molecule has 1 spiro atoms. The smallest absolute Gasteiger partial charge is 0.165 e. The normalized spacial score (nSPS) is 34.3. The number of thioether (sulfide) groups is 1. The minimum absolute atomic E-state index is 0.0276. The summed E-state index contributed by atoms with van der Waals surface area (Å²) in [5.74, 6) is 0.646. The van der Waals surface area contributed by atoms with Gasteiger partial charge < -0.3 is 10.4 Å². The van der Waals surface area contributed by atoms with E-state index in [0.717, 1.165) is 42.1 Å². The van der Waals surface area contributed by atoms with E-state index in [4.69, 9.17) is 4.99 Å². The zero-order valence-corrected chi connectivity index (χ0v) is 13.9. The Hall–Kier alpha value is -1.82. The molecule has 1 saturated carbocycles. The minimum Gasteiger partial charge on any atom is -0.504 e. The molecule has 3 atom stereocenters. The molecule has 24 heavy (non-hydrogen) atoms. The average molecular weight is 339 g/mol. The monoisotopic (exact) mass is 339 g/mol. The summed E-state index contributed by atoms with van der Waals surface area (Å²) in [5, 5.41) is 17.1. The Bertz CT molecular complexity index is 983. The number of nitrogens with zero attached hydrogens (tertiary/aromatic N) is 2. The highest BCUT2D eigenvalue weighted by Gasteiger charge is 2.56. The van der Waals surface area contributed by atoms with E-state index in [1.165, 1.54) is 11.1 Å². The number of Topliss-reactive ketones (excluding diaryl/α,β-unsaturated/α-hetero) is 1. The second kappa shape index (κ2) is 4.23. The topological polar surface area (TPSA) is 74.0 Å². The van der Waals surface area contributed by atoms with Crippen molar-refractivity contribution in [3.8, 4) is 5.75 Å². The highest BCUT2D eigenvalue weighted by Crippen LogP contribution is 2.60. The van der Waals surface area contributed by atoms with Crippen molar-refractivity contribution in [3.63, 3.8) is 0 Å². The Labute approximate surface area is 143 Å². The first-order chi connectivity index (χ1) is 11.7. The molecule has 0 amide bonds. The van der Waals surface area contributed by atoms with Crippen LogP contribution < -0.4 is 15.9 Å². The van der Waals surface area contributed by atoms with Crippen molar-refractivity contribution in [1.82, 2.24) is 0 Å². The van der Waals surface area contributed by atoms with Gasteiger partial charge in [-0.3, -0.25) is 14.8 Å². The molecule has 1 unspecified atom stereocenters. The zero-order chi connectivity index (χ0) is 16.1. The van der Waals surface area contributed by atoms with Gasteiger partial charge >= 0.3 is 0 Å². The lowest BCUT2D eigenvalue weighted by molar-refractivity contribution is -0.121. The van der Waals surface area contributed by atoms with Crippen LogP contribution in [0, 0.1) is 0 Å². The lowest BCUT2D eigenvalue weighted by atomic mass is 9.64. The largest absolute Gasteiger partial charge is 0.504 e. The molecule has 5 aliphatic rings. The lowest BCUT2D eigenvalue weighted by Gasteiger charge is -2.41. The predicted molar refractivity (Wildman–Crippen MR) is 93.9 cm³/mol. The molecule has 4 heterocycles. The predicted octanol–water partition coefficient (Wildman–Crippen LogP) is 1.53. The number of fused-ring (bicyclic) bond motifs is 3. The number of aliphatic imine (C=N–C) groups is 1. The number of anilines is 1. The van der Waals surface area contributed by atoms with Crippen molar-refractivity contribution in [2.24, 2.45) is 9.98 Å². The van der Waals surface area contributed by atoms with Crippen LogP contribution in [0.25, 0.3) is 5.57 Å². The third-order valence-corrected chi connectivity index (χ3v) is 7.86. The number of ketones is 1. The van der Waals surface area contributed by atoms with Crippen LogP contribution in [0.5, 0.6) is 5.75 Å². The van der Waals surface area contributed by atoms with Crippen molar-refractivity contribution in [2.45, 2.75) is 48.1 Å². The molecule has 1 aliphatic carbocycles. The average Bonchev–Trinajstić information content (AvgIpc) is 3.12. The Morgan fingerprint density at radius 2 is 2.29 bits per heavy atom. The molecule has 2 N–H and O–H groups in total. The van der Waals surface area contributed by atoms with Crippen molar-refractivity contribution in [3.05, 3.63) is 16.1 Å². The number of hydrogen-bond donors (Lipinski definition) is 2. The third-order valence-electron chi connectivity index (χ3n) is 6.30. The van der Waals surface area contributed by atoms with Crippen LogP contribution in [0.4, 0.5) is 11.4 Å². The van der Waals surface area contributed by atoms with Crippen LogP contribution in [0.1, 0.15) is 37.7 Å². The quantitative estimate of drug-likeness (QED) is 0.703. The summed E-state index contributed by atoms with van der Waals surface area (Å²) in [5.41, 5.74) is 3.84. The molecule has 122 valence electrons. The van der Waals surface area contributed by atoms with Crippen molar-refractivity contribution in [1.29, 1.82) is 0 Å². The molecule has 4 aliphatic heterocycles. The highest BCUT2D eigenvalue weighted by atomic mass is 32.2. The van der Waals surface area contributed by atoms with Crippen LogP contribution in [0.3, 0.4) is 0 Å². The molecule has 6 rings (SSSR count). The number of rotatable bonds is 0. The van der Waals surface area contributed by atoms with Crippen LogP contribution in [-0.4, -0.2) is 34.3 Å². The summed E-state index contributed by atoms with van der Waals surface area (Å²) in [6.45, 7) is 0.779. The molecular formula is C18H17N3O2S. The van der Waals surface area contributed by atoms with E-state index in [1.54, 1.807) is 0 Å². The Morgan fingerprint density at radius 1 is 1.38 bits per heavy atom. The zero-order valence-electron chi connectivity index (χ0n) is 13.1. The van der Waals surface area contributed by atoms with Crippen molar-refractivity contribution >= 4 is 40.7 Å². The maximum absolute atomic E-state index is 12.0. The maximum atomic E-state index is 12.0. The molecule has 1 aromatic rings. The van der Waals surface area contributed by atoms with E-state index in [1.807, 2.05) is 18.0 Å². The molecule has 5 nitrogen and oxygen atoms in total. The van der Waals surface area contributed by atoms with E-state index in [2.05, 4.69) is 10.3 Å². The first kappa shape index (κ1) is 13.5. The number of phenolic OH excluding ortho intramolecular Hbond substituents is 1. The van der Waals surface area contributed by atoms with Crippen LogP contribution in [0.15, 0.2) is 9.98 Å². The number of hydrogen-bond acceptors (Lipinski definition) is 6. The van der Waals surface area contributed by atoms with Gasteiger partial charge in [-0.1, -0.05) is 0 Å². The van der Waals surface area contributed by atoms with Crippen molar-refractivity contribution < 1.29 is 9.90 Å². The first-order valence-electron chi connectivity index (χ1n) is 8.62. The SMILES string of the molecule is O=C1CC[C@]23C[C@@H](Nc4c(O)c5c6c(c42)=NCCC=6C=N5)SC3C1. The summed E-state index contributed by atoms with van der Waals surface area (Å²) in [6, 6.07) is 0. The second-order valence-electron chi connectivity index (χ2n) is 7.45. The molecule has 0 radical (unpaired) electrons. The third kappa shape index (κ3) is 1.42. The number of phenols is 1. The van der Waals surface area contributed by atoms with Gasteiger partial charge in [0.1, 0.15) is 11.5 Å². The maximum Gasteiger partial charge on any atom is 0.165 e. The van der Waals surface area contributed by atoms with Crippen LogP contribution >= 0.6 is 11.8 Å². The first-order valence-corrected chi connectivity index (χ1v) is 9.56. The number of benzene rings is 1. The van der Waals surface area contributed by atoms with Gasteiger partial charge in [0.2, 0.25) is 0 Å². The number of nitrogens with one attached hydrogen (secondary N) is 1. The standard InChI is InChI=1S/C18H17N3O2S/c22-9-1-3-18-6-11(24-10(18)5-9)21-16-13(18)14-12-8(2-4-19-14)7-20-15(12)17(16)23/h7,10-11,21,23H,1-6H2/t10?,11-,18+/m0/s1. The number of aromatic hydroxyl groups is 1. The molecule has 2 bridgehead atoms. The molecule has 2 fully saturated rings. The number of carbonyl (C=O) groups is 1. The molecular weight excluding hydrogens is 322 g/mol. The molecule has 6 heteroatoms. The summed E-state index contributed by atoms with van der Waals surface area (Å²) in [4.78, 5) is 21.4. The Balaban J connectivity index is 1.74. The lowest BCUT2D eigenvalue weighted by Crippen LogP contribution is -2.49. The fourth-order valence-electron chi connectivity index (χ4n) is 5.26. The summed E-state index contributed by atoms with van der Waals surface area (Å²) in [7, 11) is 0. The van der Waals surface area contributed by atoms with Crippen LogP contribution in [0.2, 0.25) is 0 Å². The molecule has 1 saturated heterocycles.